The van der Waals surface area contributed by atoms with E-state index in [1.165, 1.54) is 12.1 Å². The molecule has 0 unspecified atom stereocenters. The maximum atomic E-state index is 12.8. The van der Waals surface area contributed by atoms with E-state index >= 15 is 0 Å². The molecule has 180 valence electrons. The highest BCUT2D eigenvalue weighted by atomic mass is 32.2. The van der Waals surface area contributed by atoms with Crippen LogP contribution in [0.1, 0.15) is 65.9 Å². The number of nitrogens with two attached hydrogens (primary N) is 1. The Morgan fingerprint density at radius 3 is 2.09 bits per heavy atom. The Hall–Kier alpha value is -1.93. The molecular weight excluding hydrogens is 426 g/mol. The third-order valence-corrected chi connectivity index (χ3v) is 7.46. The largest absolute Gasteiger partial charge is 0.354 e. The summed E-state index contributed by atoms with van der Waals surface area (Å²) in [7, 11) is -3.72. The number of benzene rings is 1. The van der Waals surface area contributed by atoms with Crippen LogP contribution in [0, 0.1) is 23.2 Å². The van der Waals surface area contributed by atoms with Crippen molar-refractivity contribution < 1.29 is 18.0 Å². The fourth-order valence-corrected chi connectivity index (χ4v) is 4.83. The van der Waals surface area contributed by atoms with E-state index < -0.39 is 16.1 Å². The molecule has 1 aromatic rings. The number of sulfonamides is 1. The zero-order valence-electron chi connectivity index (χ0n) is 20.0. The van der Waals surface area contributed by atoms with Gasteiger partial charge in [0.1, 0.15) is 6.04 Å². The lowest BCUT2D eigenvalue weighted by molar-refractivity contribution is -0.133. The van der Waals surface area contributed by atoms with Gasteiger partial charge < -0.3 is 10.6 Å². The zero-order valence-corrected chi connectivity index (χ0v) is 20.8. The molecule has 0 aromatic heterocycles. The van der Waals surface area contributed by atoms with Crippen molar-refractivity contribution in [2.45, 2.75) is 77.7 Å². The Bertz CT molecular complexity index is 881. The molecule has 32 heavy (non-hydrogen) atoms. The molecule has 0 saturated heterocycles. The number of hydrogen-bond donors (Lipinski definition) is 3. The van der Waals surface area contributed by atoms with Crippen molar-refractivity contribution in [2.24, 2.45) is 28.3 Å². The minimum absolute atomic E-state index is 0.0233. The van der Waals surface area contributed by atoms with Crippen LogP contribution in [0.25, 0.3) is 0 Å². The molecule has 8 heteroatoms. The van der Waals surface area contributed by atoms with Crippen LogP contribution >= 0.6 is 0 Å². The summed E-state index contributed by atoms with van der Waals surface area (Å²) in [5.74, 6) is 0.358. The fraction of sp³-hybridized carbons (Fsp3) is 0.667. The van der Waals surface area contributed by atoms with Crippen molar-refractivity contribution in [3.63, 3.8) is 0 Å². The molecule has 0 heterocycles. The first-order valence-electron chi connectivity index (χ1n) is 11.5. The van der Waals surface area contributed by atoms with E-state index in [4.69, 9.17) is 5.14 Å². The minimum Gasteiger partial charge on any atom is -0.354 e. The Kier molecular flexibility index (Phi) is 8.88. The smallest absolute Gasteiger partial charge is 0.242 e. The highest BCUT2D eigenvalue weighted by Gasteiger charge is 2.34. The van der Waals surface area contributed by atoms with Gasteiger partial charge in [0, 0.05) is 12.5 Å². The number of primary sulfonamides is 1. The number of carbonyl (C=O) groups is 2. The lowest BCUT2D eigenvalue weighted by atomic mass is 9.69. The van der Waals surface area contributed by atoms with Gasteiger partial charge in [0.05, 0.1) is 4.90 Å². The number of hydrogen-bond acceptors (Lipinski definition) is 4. The summed E-state index contributed by atoms with van der Waals surface area (Å²) in [6.07, 6.45) is 4.38. The van der Waals surface area contributed by atoms with Crippen molar-refractivity contribution in [2.75, 3.05) is 6.54 Å². The van der Waals surface area contributed by atoms with E-state index in [2.05, 4.69) is 31.4 Å². The van der Waals surface area contributed by atoms with Crippen LogP contribution < -0.4 is 15.8 Å². The topological polar surface area (TPSA) is 118 Å². The summed E-state index contributed by atoms with van der Waals surface area (Å²) in [6, 6.07) is 5.70. The van der Waals surface area contributed by atoms with Gasteiger partial charge in [-0.25, -0.2) is 13.6 Å². The molecule has 1 atom stereocenters. The third kappa shape index (κ3) is 7.59. The highest BCUT2D eigenvalue weighted by Crippen LogP contribution is 2.39. The standard InChI is InChI=1S/C24H39N3O4S/c1-16(2)21(27-22(28)18-8-10-19(11-9-18)24(3,4)5)23(29)26-15-14-17-6-12-20(13-7-17)32(25,30)31/h6-7,12-13,16,18-19,21H,8-11,14-15H2,1-5H3,(H,26,29)(H,27,28)(H2,25,30,31)/t18?,19?,21-/m1/s1. The first kappa shape index (κ1) is 26.3. The maximum absolute atomic E-state index is 12.8. The summed E-state index contributed by atoms with van der Waals surface area (Å²) in [6.45, 7) is 11.0. The SMILES string of the molecule is CC(C)[C@@H](NC(=O)C1CCC(C(C)(C)C)CC1)C(=O)NCCc1ccc(S(N)(=O)=O)cc1. The van der Waals surface area contributed by atoms with Gasteiger partial charge in [0.15, 0.2) is 0 Å². The number of amides is 2. The molecule has 1 aromatic carbocycles. The predicted octanol–water partition coefficient (Wildman–Crippen LogP) is 2.99. The van der Waals surface area contributed by atoms with E-state index in [1.54, 1.807) is 12.1 Å². The van der Waals surface area contributed by atoms with E-state index in [9.17, 15) is 18.0 Å². The molecular formula is C24H39N3O4S. The average Bonchev–Trinajstić information content (AvgIpc) is 2.70. The summed E-state index contributed by atoms with van der Waals surface area (Å²) >= 11 is 0. The summed E-state index contributed by atoms with van der Waals surface area (Å²) in [4.78, 5) is 25.6. The van der Waals surface area contributed by atoms with Gasteiger partial charge in [-0.1, -0.05) is 46.8 Å². The molecule has 2 amide bonds. The quantitative estimate of drug-likeness (QED) is 0.547. The first-order valence-corrected chi connectivity index (χ1v) is 13.0. The Balaban J connectivity index is 1.85. The van der Waals surface area contributed by atoms with E-state index in [1.807, 2.05) is 13.8 Å². The van der Waals surface area contributed by atoms with Gasteiger partial charge in [0.25, 0.3) is 0 Å². The highest BCUT2D eigenvalue weighted by molar-refractivity contribution is 7.89. The van der Waals surface area contributed by atoms with Crippen molar-refractivity contribution in [1.29, 1.82) is 0 Å². The number of nitrogens with one attached hydrogen (secondary N) is 2. The van der Waals surface area contributed by atoms with E-state index in [-0.39, 0.29) is 34.0 Å². The number of carbonyl (C=O) groups excluding carboxylic acids is 2. The lowest BCUT2D eigenvalue weighted by Gasteiger charge is -2.37. The molecule has 0 spiro atoms. The number of rotatable bonds is 8. The first-order chi connectivity index (χ1) is 14.8. The maximum Gasteiger partial charge on any atom is 0.242 e. The fourth-order valence-electron chi connectivity index (χ4n) is 4.31. The van der Waals surface area contributed by atoms with Crippen LogP contribution in [0.5, 0.6) is 0 Å². The van der Waals surface area contributed by atoms with Crippen LogP contribution in [0.2, 0.25) is 0 Å². The van der Waals surface area contributed by atoms with Gasteiger partial charge in [-0.05, 0) is 67.1 Å². The molecule has 1 fully saturated rings. The normalized spacial score (nSPS) is 20.6. The van der Waals surface area contributed by atoms with Crippen LogP contribution in [-0.4, -0.2) is 32.8 Å². The Morgan fingerprint density at radius 1 is 1.06 bits per heavy atom. The van der Waals surface area contributed by atoms with E-state index in [0.29, 0.717) is 18.9 Å². The van der Waals surface area contributed by atoms with Crippen LogP contribution in [0.15, 0.2) is 29.2 Å². The molecule has 7 nitrogen and oxygen atoms in total. The van der Waals surface area contributed by atoms with Gasteiger partial charge in [-0.3, -0.25) is 9.59 Å². The molecule has 4 N–H and O–H groups in total. The predicted molar refractivity (Wildman–Crippen MR) is 126 cm³/mol. The Labute approximate surface area is 193 Å². The Morgan fingerprint density at radius 2 is 1.62 bits per heavy atom. The average molecular weight is 466 g/mol. The zero-order chi connectivity index (χ0) is 24.1. The summed E-state index contributed by atoms with van der Waals surface area (Å²) in [5.41, 5.74) is 1.15. The van der Waals surface area contributed by atoms with Gasteiger partial charge in [-0.2, -0.15) is 0 Å². The molecule has 1 saturated carbocycles. The van der Waals surface area contributed by atoms with Crippen molar-refractivity contribution in [3.8, 4) is 0 Å². The van der Waals surface area contributed by atoms with Crippen LogP contribution in [-0.2, 0) is 26.0 Å². The van der Waals surface area contributed by atoms with Crippen molar-refractivity contribution in [1.82, 2.24) is 10.6 Å². The van der Waals surface area contributed by atoms with Crippen molar-refractivity contribution >= 4 is 21.8 Å². The van der Waals surface area contributed by atoms with Gasteiger partial charge in [0.2, 0.25) is 21.8 Å². The second-order valence-electron chi connectivity index (χ2n) is 10.4. The molecule has 0 bridgehead atoms. The minimum atomic E-state index is -3.72. The monoisotopic (exact) mass is 465 g/mol. The van der Waals surface area contributed by atoms with E-state index in [0.717, 1.165) is 31.2 Å². The second kappa shape index (κ2) is 10.8. The van der Waals surface area contributed by atoms with Crippen LogP contribution in [0.4, 0.5) is 0 Å². The summed E-state index contributed by atoms with van der Waals surface area (Å²) < 4.78 is 22.7. The van der Waals surface area contributed by atoms with Crippen molar-refractivity contribution in [3.05, 3.63) is 29.8 Å². The molecule has 0 aliphatic heterocycles. The van der Waals surface area contributed by atoms with Gasteiger partial charge >= 0.3 is 0 Å². The molecule has 1 aliphatic carbocycles. The molecule has 0 radical (unpaired) electrons. The second-order valence-corrected chi connectivity index (χ2v) is 11.9. The third-order valence-electron chi connectivity index (χ3n) is 6.53. The van der Waals surface area contributed by atoms with Gasteiger partial charge in [-0.15, -0.1) is 0 Å². The molecule has 1 aliphatic rings. The molecule has 2 rings (SSSR count). The van der Waals surface area contributed by atoms with Crippen LogP contribution in [0.3, 0.4) is 0 Å². The lowest BCUT2D eigenvalue weighted by Crippen LogP contribution is -2.51. The summed E-state index contributed by atoms with van der Waals surface area (Å²) in [5, 5.41) is 11.0.